The van der Waals surface area contributed by atoms with Crippen molar-refractivity contribution in [1.29, 1.82) is 0 Å². The highest BCUT2D eigenvalue weighted by atomic mass is 35.5. The van der Waals surface area contributed by atoms with Gasteiger partial charge in [-0.3, -0.25) is 4.79 Å². The molecule has 1 unspecified atom stereocenters. The highest BCUT2D eigenvalue weighted by Crippen LogP contribution is 2.24. The van der Waals surface area contributed by atoms with Crippen molar-refractivity contribution in [1.82, 2.24) is 10.6 Å². The van der Waals surface area contributed by atoms with Crippen LogP contribution in [-0.2, 0) is 17.9 Å². The van der Waals surface area contributed by atoms with Crippen LogP contribution >= 0.6 is 12.4 Å². The van der Waals surface area contributed by atoms with Crippen LogP contribution in [-0.4, -0.2) is 24.1 Å². The molecule has 5 heteroatoms. The molecule has 1 aliphatic heterocycles. The molecule has 1 atom stereocenters. The standard InChI is InChI=1S/C17H26N2O2.ClH/c1-13(16-5-7-18-8-6-16)9-17(21)19-11-14-3-2-4-15(10-14)12-20;/h2-4,10,13,16,18,20H,5-9,11-12H2,1H3,(H,19,21);1H. The minimum Gasteiger partial charge on any atom is -0.392 e. The summed E-state index contributed by atoms with van der Waals surface area (Å²) in [5.41, 5.74) is 1.91. The Morgan fingerprint density at radius 1 is 1.36 bits per heavy atom. The number of amides is 1. The van der Waals surface area contributed by atoms with Crippen molar-refractivity contribution in [3.05, 3.63) is 35.4 Å². The van der Waals surface area contributed by atoms with Gasteiger partial charge in [0, 0.05) is 13.0 Å². The lowest BCUT2D eigenvalue weighted by molar-refractivity contribution is -0.122. The molecular weight excluding hydrogens is 300 g/mol. The van der Waals surface area contributed by atoms with Gasteiger partial charge in [-0.15, -0.1) is 12.4 Å². The van der Waals surface area contributed by atoms with E-state index < -0.39 is 0 Å². The average Bonchev–Trinajstić information content (AvgIpc) is 2.54. The molecule has 1 saturated heterocycles. The Morgan fingerprint density at radius 2 is 2.05 bits per heavy atom. The van der Waals surface area contributed by atoms with Gasteiger partial charge >= 0.3 is 0 Å². The number of carbonyl (C=O) groups is 1. The second-order valence-electron chi connectivity index (χ2n) is 6.02. The fraction of sp³-hybridized carbons (Fsp3) is 0.588. The van der Waals surface area contributed by atoms with Gasteiger partial charge in [-0.05, 0) is 48.9 Å². The number of piperidine rings is 1. The molecule has 0 aliphatic carbocycles. The smallest absolute Gasteiger partial charge is 0.220 e. The van der Waals surface area contributed by atoms with Crippen molar-refractivity contribution < 1.29 is 9.90 Å². The molecule has 4 nitrogen and oxygen atoms in total. The van der Waals surface area contributed by atoms with Gasteiger partial charge in [0.05, 0.1) is 6.61 Å². The summed E-state index contributed by atoms with van der Waals surface area (Å²) in [7, 11) is 0. The maximum atomic E-state index is 12.0. The predicted molar refractivity (Wildman–Crippen MR) is 90.8 cm³/mol. The van der Waals surface area contributed by atoms with E-state index >= 15 is 0 Å². The second kappa shape index (κ2) is 9.82. The van der Waals surface area contributed by atoms with Gasteiger partial charge in [0.25, 0.3) is 0 Å². The van der Waals surface area contributed by atoms with Crippen LogP contribution in [0.25, 0.3) is 0 Å². The molecule has 0 bridgehead atoms. The fourth-order valence-electron chi connectivity index (χ4n) is 2.98. The topological polar surface area (TPSA) is 61.4 Å². The zero-order valence-corrected chi connectivity index (χ0v) is 14.0. The summed E-state index contributed by atoms with van der Waals surface area (Å²) >= 11 is 0. The van der Waals surface area contributed by atoms with E-state index in [9.17, 15) is 4.79 Å². The molecule has 0 spiro atoms. The number of rotatable bonds is 6. The van der Waals surface area contributed by atoms with Crippen LogP contribution in [0.4, 0.5) is 0 Å². The fourth-order valence-corrected chi connectivity index (χ4v) is 2.98. The van der Waals surface area contributed by atoms with E-state index in [1.165, 1.54) is 12.8 Å². The third-order valence-electron chi connectivity index (χ3n) is 4.36. The van der Waals surface area contributed by atoms with Crippen LogP contribution < -0.4 is 10.6 Å². The van der Waals surface area contributed by atoms with Crippen molar-refractivity contribution in [2.45, 2.75) is 39.3 Å². The molecule has 2 rings (SSSR count). The molecule has 22 heavy (non-hydrogen) atoms. The second-order valence-corrected chi connectivity index (χ2v) is 6.02. The molecule has 3 N–H and O–H groups in total. The largest absolute Gasteiger partial charge is 0.392 e. The van der Waals surface area contributed by atoms with E-state index in [1.54, 1.807) is 0 Å². The van der Waals surface area contributed by atoms with Crippen LogP contribution in [0.2, 0.25) is 0 Å². The molecule has 0 aromatic heterocycles. The highest BCUT2D eigenvalue weighted by Gasteiger charge is 2.21. The van der Waals surface area contributed by atoms with Crippen LogP contribution in [0.5, 0.6) is 0 Å². The molecular formula is C17H27ClN2O2. The number of aliphatic hydroxyl groups excluding tert-OH is 1. The number of aliphatic hydroxyl groups is 1. The molecule has 1 heterocycles. The van der Waals surface area contributed by atoms with E-state index in [-0.39, 0.29) is 24.9 Å². The Labute approximate surface area is 139 Å². The van der Waals surface area contributed by atoms with Gasteiger partial charge < -0.3 is 15.7 Å². The number of nitrogens with one attached hydrogen (secondary N) is 2. The molecule has 1 amide bonds. The lowest BCUT2D eigenvalue weighted by atomic mass is 9.84. The minimum atomic E-state index is 0. The molecule has 0 radical (unpaired) electrons. The normalized spacial score (nSPS) is 16.6. The first-order valence-corrected chi connectivity index (χ1v) is 7.85. The third kappa shape index (κ3) is 5.95. The lowest BCUT2D eigenvalue weighted by Crippen LogP contribution is -2.33. The van der Waals surface area contributed by atoms with Gasteiger partial charge in [0.1, 0.15) is 0 Å². The third-order valence-corrected chi connectivity index (χ3v) is 4.36. The first-order valence-electron chi connectivity index (χ1n) is 7.85. The van der Waals surface area contributed by atoms with E-state index in [2.05, 4.69) is 17.6 Å². The zero-order valence-electron chi connectivity index (χ0n) is 13.2. The Morgan fingerprint density at radius 3 is 2.73 bits per heavy atom. The van der Waals surface area contributed by atoms with Crippen LogP contribution in [0.3, 0.4) is 0 Å². The molecule has 1 aromatic rings. The van der Waals surface area contributed by atoms with E-state index in [0.717, 1.165) is 24.2 Å². The number of benzene rings is 1. The van der Waals surface area contributed by atoms with Crippen molar-refractivity contribution in [2.75, 3.05) is 13.1 Å². The quantitative estimate of drug-likeness (QED) is 0.751. The monoisotopic (exact) mass is 326 g/mol. The molecule has 1 aromatic carbocycles. The molecule has 124 valence electrons. The summed E-state index contributed by atoms with van der Waals surface area (Å²) < 4.78 is 0. The van der Waals surface area contributed by atoms with Gasteiger partial charge in [0.2, 0.25) is 5.91 Å². The van der Waals surface area contributed by atoms with E-state index in [1.807, 2.05) is 24.3 Å². The molecule has 1 fully saturated rings. The maximum Gasteiger partial charge on any atom is 0.220 e. The predicted octanol–water partition coefficient (Wildman–Crippen LogP) is 2.24. The van der Waals surface area contributed by atoms with Gasteiger partial charge in [0.15, 0.2) is 0 Å². The Bertz CT molecular complexity index is 462. The van der Waals surface area contributed by atoms with Gasteiger partial charge in [-0.1, -0.05) is 31.2 Å². The van der Waals surface area contributed by atoms with Crippen molar-refractivity contribution in [3.63, 3.8) is 0 Å². The van der Waals surface area contributed by atoms with Crippen molar-refractivity contribution in [2.24, 2.45) is 11.8 Å². The summed E-state index contributed by atoms with van der Waals surface area (Å²) in [6.07, 6.45) is 2.95. The summed E-state index contributed by atoms with van der Waals surface area (Å²) in [4.78, 5) is 12.0. The summed E-state index contributed by atoms with van der Waals surface area (Å²) in [5.74, 6) is 1.22. The number of hydrogen-bond donors (Lipinski definition) is 3. The highest BCUT2D eigenvalue weighted by molar-refractivity contribution is 5.85. The summed E-state index contributed by atoms with van der Waals surface area (Å²) in [5, 5.41) is 15.5. The van der Waals surface area contributed by atoms with Crippen molar-refractivity contribution >= 4 is 18.3 Å². The van der Waals surface area contributed by atoms with E-state index in [0.29, 0.717) is 24.8 Å². The number of halogens is 1. The van der Waals surface area contributed by atoms with Gasteiger partial charge in [-0.2, -0.15) is 0 Å². The van der Waals surface area contributed by atoms with E-state index in [4.69, 9.17) is 5.11 Å². The van der Waals surface area contributed by atoms with Crippen molar-refractivity contribution in [3.8, 4) is 0 Å². The first-order chi connectivity index (χ1) is 10.2. The van der Waals surface area contributed by atoms with Crippen LogP contribution in [0.15, 0.2) is 24.3 Å². The van der Waals surface area contributed by atoms with Crippen LogP contribution in [0, 0.1) is 11.8 Å². The number of carbonyl (C=O) groups excluding carboxylic acids is 1. The summed E-state index contributed by atoms with van der Waals surface area (Å²) in [6.45, 7) is 4.90. The van der Waals surface area contributed by atoms with Crippen LogP contribution in [0.1, 0.15) is 37.3 Å². The average molecular weight is 327 g/mol. The Balaban J connectivity index is 0.00000242. The Kier molecular flexibility index (Phi) is 8.46. The van der Waals surface area contributed by atoms with Gasteiger partial charge in [-0.25, -0.2) is 0 Å². The lowest BCUT2D eigenvalue weighted by Gasteiger charge is -2.27. The number of hydrogen-bond acceptors (Lipinski definition) is 3. The zero-order chi connectivity index (χ0) is 15.1. The minimum absolute atomic E-state index is 0. The summed E-state index contributed by atoms with van der Waals surface area (Å²) in [6, 6.07) is 7.68. The Hall–Kier alpha value is -1.10. The SMILES string of the molecule is CC(CC(=O)NCc1cccc(CO)c1)C1CCNCC1.Cl. The molecule has 0 saturated carbocycles. The first kappa shape index (κ1) is 18.9. The maximum absolute atomic E-state index is 12.0. The molecule has 1 aliphatic rings.